The number of phosphoric ester groups is 1. The highest BCUT2D eigenvalue weighted by Gasteiger charge is 2.17. The summed E-state index contributed by atoms with van der Waals surface area (Å²) >= 11 is 0. The van der Waals surface area contributed by atoms with E-state index in [0.29, 0.717) is 6.42 Å². The van der Waals surface area contributed by atoms with E-state index < -0.39 is 13.9 Å². The zero-order chi connectivity index (χ0) is 21.8. The van der Waals surface area contributed by atoms with E-state index in [-0.39, 0.29) is 19.2 Å². The van der Waals surface area contributed by atoms with E-state index in [1.165, 1.54) is 57.8 Å². The van der Waals surface area contributed by atoms with Crippen LogP contribution in [0.1, 0.15) is 96.8 Å². The highest BCUT2D eigenvalue weighted by atomic mass is 31.2. The summed E-state index contributed by atoms with van der Waals surface area (Å²) in [5.74, 6) is -0.339. The van der Waals surface area contributed by atoms with E-state index in [1.807, 2.05) is 0 Å². The molecule has 0 aliphatic heterocycles. The fraction of sp³-hybridized carbons (Fsp3) is 0.857. The van der Waals surface area contributed by atoms with Crippen molar-refractivity contribution >= 4 is 13.8 Å². The van der Waals surface area contributed by atoms with Gasteiger partial charge in [0.15, 0.2) is 0 Å². The molecule has 0 aliphatic rings. The second-order valence-electron chi connectivity index (χ2n) is 7.56. The van der Waals surface area contributed by atoms with Crippen LogP contribution in [0.25, 0.3) is 0 Å². The lowest BCUT2D eigenvalue weighted by Crippen LogP contribution is -2.32. The van der Waals surface area contributed by atoms with Crippen LogP contribution in [0.4, 0.5) is 0 Å². The second-order valence-corrected chi connectivity index (χ2v) is 8.80. The lowest BCUT2D eigenvalue weighted by atomic mass is 10.1. The summed E-state index contributed by atoms with van der Waals surface area (Å²) in [4.78, 5) is 28.7. The van der Waals surface area contributed by atoms with Gasteiger partial charge in [-0.2, -0.15) is 0 Å². The van der Waals surface area contributed by atoms with Crippen molar-refractivity contribution in [2.75, 3.05) is 13.2 Å². The Bertz CT molecular complexity index is 466. The normalized spacial score (nSPS) is 13.1. The topological polar surface area (TPSA) is 119 Å². The van der Waals surface area contributed by atoms with Crippen molar-refractivity contribution < 1.29 is 28.4 Å². The number of carbonyl (C=O) groups is 1. The molecule has 172 valence electrons. The quantitative estimate of drug-likeness (QED) is 0.106. The first-order chi connectivity index (χ1) is 13.8. The SMILES string of the molecule is CCCCCCCC/C=C\CCCCCCCC(=O)OC[C@H](N)COP(=O)(O)O. The van der Waals surface area contributed by atoms with Gasteiger partial charge in [0.05, 0.1) is 12.6 Å². The fourth-order valence-corrected chi connectivity index (χ4v) is 3.24. The van der Waals surface area contributed by atoms with Crippen LogP contribution in [0.2, 0.25) is 0 Å². The molecule has 1 atom stereocenters. The van der Waals surface area contributed by atoms with Crippen molar-refractivity contribution in [1.29, 1.82) is 0 Å². The summed E-state index contributed by atoms with van der Waals surface area (Å²) in [6, 6.07) is -0.749. The molecular formula is C21H42NO6P. The van der Waals surface area contributed by atoms with Crippen molar-refractivity contribution in [2.45, 2.75) is 103 Å². The molecule has 0 unspecified atom stereocenters. The van der Waals surface area contributed by atoms with Gasteiger partial charge >= 0.3 is 13.8 Å². The van der Waals surface area contributed by atoms with Crippen LogP contribution >= 0.6 is 7.82 Å². The summed E-state index contributed by atoms with van der Waals surface area (Å²) in [7, 11) is -4.54. The van der Waals surface area contributed by atoms with Crippen LogP contribution in [0.3, 0.4) is 0 Å². The molecule has 0 aliphatic carbocycles. The monoisotopic (exact) mass is 435 g/mol. The predicted octanol–water partition coefficient (Wildman–Crippen LogP) is 5.00. The standard InChI is InChI=1S/C21H42NO6P/c1-2-3-4-5-6-7-8-9-10-11-12-13-14-15-16-17-21(23)27-18-20(22)19-28-29(24,25)26/h9-10,20H,2-8,11-19,22H2,1H3,(H2,24,25,26)/b10-9-/t20-/m0/s1. The molecular weight excluding hydrogens is 393 g/mol. The summed E-state index contributed by atoms with van der Waals surface area (Å²) < 4.78 is 19.8. The third-order valence-corrected chi connectivity index (χ3v) is 5.04. The third kappa shape index (κ3) is 23.4. The van der Waals surface area contributed by atoms with Crippen LogP contribution in [0, 0.1) is 0 Å². The summed E-state index contributed by atoms with van der Waals surface area (Å²) in [5.41, 5.74) is 5.56. The first-order valence-corrected chi connectivity index (χ1v) is 12.6. The molecule has 4 N–H and O–H groups in total. The molecule has 0 amide bonds. The van der Waals surface area contributed by atoms with E-state index in [0.717, 1.165) is 25.7 Å². The lowest BCUT2D eigenvalue weighted by molar-refractivity contribution is -0.144. The number of hydrogen-bond donors (Lipinski definition) is 3. The van der Waals surface area contributed by atoms with Crippen LogP contribution in [0.15, 0.2) is 12.2 Å². The maximum atomic E-state index is 11.6. The highest BCUT2D eigenvalue weighted by Crippen LogP contribution is 2.35. The van der Waals surface area contributed by atoms with Gasteiger partial charge in [0.25, 0.3) is 0 Å². The minimum absolute atomic E-state index is 0.107. The molecule has 0 aromatic rings. The maximum Gasteiger partial charge on any atom is 0.469 e. The van der Waals surface area contributed by atoms with Gasteiger partial charge < -0.3 is 20.3 Å². The molecule has 0 aromatic heterocycles. The number of esters is 1. The van der Waals surface area contributed by atoms with Gasteiger partial charge in [-0.15, -0.1) is 0 Å². The number of ether oxygens (including phenoxy) is 1. The molecule has 0 rings (SSSR count). The van der Waals surface area contributed by atoms with Gasteiger partial charge in [-0.1, -0.05) is 70.4 Å². The van der Waals surface area contributed by atoms with Crippen LogP contribution in [0.5, 0.6) is 0 Å². The van der Waals surface area contributed by atoms with Gasteiger partial charge in [0, 0.05) is 6.42 Å². The number of phosphoric acid groups is 1. The van der Waals surface area contributed by atoms with Crippen LogP contribution in [-0.2, 0) is 18.6 Å². The first kappa shape index (κ1) is 28.3. The Kier molecular flexibility index (Phi) is 18.8. The zero-order valence-corrected chi connectivity index (χ0v) is 19.0. The molecule has 0 radical (unpaired) electrons. The zero-order valence-electron chi connectivity index (χ0n) is 18.1. The predicted molar refractivity (Wildman–Crippen MR) is 116 cm³/mol. The minimum atomic E-state index is -4.54. The number of unbranched alkanes of at least 4 members (excludes halogenated alkanes) is 11. The molecule has 0 bridgehead atoms. The van der Waals surface area contributed by atoms with E-state index in [4.69, 9.17) is 20.3 Å². The Morgan fingerprint density at radius 3 is 1.97 bits per heavy atom. The minimum Gasteiger partial charge on any atom is -0.464 e. The lowest BCUT2D eigenvalue weighted by Gasteiger charge is -2.13. The van der Waals surface area contributed by atoms with E-state index in [2.05, 4.69) is 23.6 Å². The van der Waals surface area contributed by atoms with Crippen molar-refractivity contribution in [2.24, 2.45) is 5.73 Å². The second kappa shape index (κ2) is 19.3. The Balaban J connectivity index is 3.38. The van der Waals surface area contributed by atoms with Crippen molar-refractivity contribution in [3.8, 4) is 0 Å². The molecule has 0 spiro atoms. The Morgan fingerprint density at radius 2 is 1.41 bits per heavy atom. The largest absolute Gasteiger partial charge is 0.469 e. The van der Waals surface area contributed by atoms with Crippen molar-refractivity contribution in [3.63, 3.8) is 0 Å². The Labute approximate surface area is 176 Å². The Morgan fingerprint density at radius 1 is 0.897 bits per heavy atom. The molecule has 0 saturated heterocycles. The third-order valence-electron chi connectivity index (χ3n) is 4.56. The number of rotatable bonds is 20. The number of hydrogen-bond acceptors (Lipinski definition) is 5. The number of allylic oxidation sites excluding steroid dienone is 2. The molecule has 0 saturated carbocycles. The van der Waals surface area contributed by atoms with Crippen LogP contribution < -0.4 is 5.73 Å². The van der Waals surface area contributed by atoms with Gasteiger partial charge in [0.1, 0.15) is 6.61 Å². The number of carbonyl (C=O) groups excluding carboxylic acids is 1. The Hall–Kier alpha value is -0.720. The average Bonchev–Trinajstić information content (AvgIpc) is 2.67. The number of nitrogens with two attached hydrogens (primary N) is 1. The van der Waals surface area contributed by atoms with E-state index >= 15 is 0 Å². The molecule has 7 nitrogen and oxygen atoms in total. The summed E-state index contributed by atoms with van der Waals surface area (Å²) in [5, 5.41) is 0. The fourth-order valence-electron chi connectivity index (χ4n) is 2.85. The van der Waals surface area contributed by atoms with Gasteiger partial charge in [-0.05, 0) is 32.1 Å². The first-order valence-electron chi connectivity index (χ1n) is 11.1. The average molecular weight is 436 g/mol. The van der Waals surface area contributed by atoms with Crippen molar-refractivity contribution in [3.05, 3.63) is 12.2 Å². The van der Waals surface area contributed by atoms with Gasteiger partial charge in [-0.3, -0.25) is 9.32 Å². The smallest absolute Gasteiger partial charge is 0.464 e. The maximum absolute atomic E-state index is 11.6. The van der Waals surface area contributed by atoms with E-state index in [1.54, 1.807) is 0 Å². The summed E-state index contributed by atoms with van der Waals surface area (Å²) in [6.45, 7) is 1.78. The van der Waals surface area contributed by atoms with E-state index in [9.17, 15) is 9.36 Å². The molecule has 0 heterocycles. The summed E-state index contributed by atoms with van der Waals surface area (Å²) in [6.07, 6.45) is 20.6. The van der Waals surface area contributed by atoms with Gasteiger partial charge in [0.2, 0.25) is 0 Å². The highest BCUT2D eigenvalue weighted by molar-refractivity contribution is 7.46. The van der Waals surface area contributed by atoms with Crippen LogP contribution in [-0.4, -0.2) is 35.0 Å². The molecule has 0 fully saturated rings. The van der Waals surface area contributed by atoms with Gasteiger partial charge in [-0.25, -0.2) is 4.57 Å². The molecule has 8 heteroatoms. The van der Waals surface area contributed by atoms with Crippen molar-refractivity contribution in [1.82, 2.24) is 0 Å². The molecule has 29 heavy (non-hydrogen) atoms. The molecule has 0 aromatic carbocycles.